The molecule has 1 aliphatic rings. The van der Waals surface area contributed by atoms with Crippen molar-refractivity contribution in [2.75, 3.05) is 6.61 Å². The lowest BCUT2D eigenvalue weighted by Gasteiger charge is -2.28. The van der Waals surface area contributed by atoms with E-state index < -0.39 is 11.6 Å². The minimum Gasteiger partial charge on any atom is -0.463 e. The monoisotopic (exact) mass is 200 g/mol. The maximum atomic E-state index is 13.9. The summed E-state index contributed by atoms with van der Waals surface area (Å²) < 4.78 is 18.8. The highest BCUT2D eigenvalue weighted by molar-refractivity contribution is 5.79. The van der Waals surface area contributed by atoms with Gasteiger partial charge in [-0.05, 0) is 32.1 Å². The zero-order valence-electron chi connectivity index (χ0n) is 8.64. The van der Waals surface area contributed by atoms with E-state index in [1.807, 2.05) is 6.92 Å². The van der Waals surface area contributed by atoms with Gasteiger partial charge < -0.3 is 4.74 Å². The molecule has 1 rings (SSSR count). The highest BCUT2D eigenvalue weighted by Crippen LogP contribution is 2.34. The zero-order chi connectivity index (χ0) is 10.6. The Morgan fingerprint density at radius 3 is 2.64 bits per heavy atom. The van der Waals surface area contributed by atoms with E-state index in [9.17, 15) is 9.18 Å². The predicted octanol–water partition coefficient (Wildman–Crippen LogP) is 2.78. The molecule has 1 aliphatic carbocycles. The van der Waals surface area contributed by atoms with Gasteiger partial charge in [0, 0.05) is 0 Å². The Morgan fingerprint density at radius 1 is 1.57 bits per heavy atom. The average Bonchev–Trinajstić information content (AvgIpc) is 2.19. The molecule has 3 heteroatoms. The van der Waals surface area contributed by atoms with Crippen LogP contribution in [-0.2, 0) is 9.53 Å². The normalized spacial score (nSPS) is 20.6. The molecule has 0 unspecified atom stereocenters. The molecule has 0 radical (unpaired) electrons. The van der Waals surface area contributed by atoms with Crippen LogP contribution in [0.5, 0.6) is 0 Å². The van der Waals surface area contributed by atoms with Gasteiger partial charge >= 0.3 is 5.97 Å². The number of carbonyl (C=O) groups excluding carboxylic acids is 1. The van der Waals surface area contributed by atoms with Crippen LogP contribution in [-0.4, -0.2) is 18.2 Å². The van der Waals surface area contributed by atoms with Crippen LogP contribution in [0.25, 0.3) is 0 Å². The molecule has 0 spiro atoms. The highest BCUT2D eigenvalue weighted by atomic mass is 19.1. The first kappa shape index (κ1) is 11.2. The van der Waals surface area contributed by atoms with Gasteiger partial charge in [0.1, 0.15) is 0 Å². The van der Waals surface area contributed by atoms with E-state index in [4.69, 9.17) is 4.74 Å². The van der Waals surface area contributed by atoms with Crippen molar-refractivity contribution in [2.45, 2.75) is 44.7 Å². The molecule has 0 aromatic carbocycles. The number of hydrogen-bond donors (Lipinski definition) is 0. The smallest absolute Gasteiger partial charge is 0.343 e. The number of hydrogen-bond acceptors (Lipinski definition) is 2. The lowest BCUT2D eigenvalue weighted by molar-refractivity contribution is -0.159. The fourth-order valence-electron chi connectivity index (χ4n) is 1.53. The van der Waals surface area contributed by atoms with Gasteiger partial charge in [-0.3, -0.25) is 0 Å². The summed E-state index contributed by atoms with van der Waals surface area (Å²) in [6.07, 6.45) is 2.38. The van der Waals surface area contributed by atoms with Crippen molar-refractivity contribution in [3.05, 3.63) is 12.2 Å². The molecule has 1 saturated carbocycles. The number of halogens is 1. The number of alkyl halides is 1. The standard InChI is InChI=1S/C11H17FO2/c1-3-8-14-10(13)11(12)6-4-9(2)5-7-11/h2-8H2,1H3. The summed E-state index contributed by atoms with van der Waals surface area (Å²) >= 11 is 0. The van der Waals surface area contributed by atoms with Crippen molar-refractivity contribution in [2.24, 2.45) is 0 Å². The minimum atomic E-state index is -1.75. The van der Waals surface area contributed by atoms with E-state index in [0.717, 1.165) is 12.0 Å². The van der Waals surface area contributed by atoms with Crippen LogP contribution in [0.3, 0.4) is 0 Å². The highest BCUT2D eigenvalue weighted by Gasteiger charge is 2.41. The van der Waals surface area contributed by atoms with E-state index >= 15 is 0 Å². The molecule has 0 aromatic rings. The molecular formula is C11H17FO2. The van der Waals surface area contributed by atoms with Crippen LogP contribution in [0.15, 0.2) is 12.2 Å². The van der Waals surface area contributed by atoms with Gasteiger partial charge in [-0.25, -0.2) is 9.18 Å². The maximum Gasteiger partial charge on any atom is 0.343 e. The molecule has 80 valence electrons. The fraction of sp³-hybridized carbons (Fsp3) is 0.727. The molecule has 14 heavy (non-hydrogen) atoms. The largest absolute Gasteiger partial charge is 0.463 e. The summed E-state index contributed by atoms with van der Waals surface area (Å²) in [4.78, 5) is 11.4. The number of ether oxygens (including phenoxy) is 1. The lowest BCUT2D eigenvalue weighted by Crippen LogP contribution is -2.38. The van der Waals surface area contributed by atoms with Crippen LogP contribution in [0.4, 0.5) is 4.39 Å². The van der Waals surface area contributed by atoms with Gasteiger partial charge in [0.2, 0.25) is 5.67 Å². The third-order valence-electron chi connectivity index (χ3n) is 2.55. The van der Waals surface area contributed by atoms with Crippen LogP contribution in [0, 0.1) is 0 Å². The maximum absolute atomic E-state index is 13.9. The molecule has 2 nitrogen and oxygen atoms in total. The first-order valence-electron chi connectivity index (χ1n) is 5.11. The summed E-state index contributed by atoms with van der Waals surface area (Å²) in [5, 5.41) is 0. The Morgan fingerprint density at radius 2 is 2.14 bits per heavy atom. The Labute approximate surface area is 84.1 Å². The van der Waals surface area contributed by atoms with Gasteiger partial charge in [0.25, 0.3) is 0 Å². The van der Waals surface area contributed by atoms with E-state index in [1.54, 1.807) is 0 Å². The molecule has 0 N–H and O–H groups in total. The van der Waals surface area contributed by atoms with Crippen molar-refractivity contribution in [3.8, 4) is 0 Å². The molecule has 0 heterocycles. The van der Waals surface area contributed by atoms with Crippen molar-refractivity contribution in [3.63, 3.8) is 0 Å². The SMILES string of the molecule is C=C1CCC(F)(C(=O)OCCC)CC1. The topological polar surface area (TPSA) is 26.3 Å². The third-order valence-corrected chi connectivity index (χ3v) is 2.55. The molecular weight excluding hydrogens is 183 g/mol. The molecule has 0 amide bonds. The molecule has 0 aliphatic heterocycles. The van der Waals surface area contributed by atoms with Crippen molar-refractivity contribution >= 4 is 5.97 Å². The van der Waals surface area contributed by atoms with E-state index in [1.165, 1.54) is 0 Å². The van der Waals surface area contributed by atoms with Gasteiger partial charge in [-0.15, -0.1) is 0 Å². The summed E-state index contributed by atoms with van der Waals surface area (Å²) in [6.45, 7) is 5.98. The molecule has 1 fully saturated rings. The Bertz CT molecular complexity index is 225. The second kappa shape index (κ2) is 4.58. The minimum absolute atomic E-state index is 0.231. The van der Waals surface area contributed by atoms with Crippen LogP contribution < -0.4 is 0 Å². The van der Waals surface area contributed by atoms with Crippen LogP contribution >= 0.6 is 0 Å². The third kappa shape index (κ3) is 2.56. The Hall–Kier alpha value is -0.860. The van der Waals surface area contributed by atoms with Crippen LogP contribution in [0.2, 0.25) is 0 Å². The Balaban J connectivity index is 2.48. The van der Waals surface area contributed by atoms with Gasteiger partial charge in [0.15, 0.2) is 0 Å². The second-order valence-electron chi connectivity index (χ2n) is 3.85. The summed E-state index contributed by atoms with van der Waals surface area (Å²) in [5.74, 6) is -0.688. The fourth-order valence-corrected chi connectivity index (χ4v) is 1.53. The van der Waals surface area contributed by atoms with E-state index in [2.05, 4.69) is 6.58 Å². The van der Waals surface area contributed by atoms with Gasteiger partial charge in [-0.2, -0.15) is 0 Å². The van der Waals surface area contributed by atoms with Crippen molar-refractivity contribution in [1.29, 1.82) is 0 Å². The molecule has 0 atom stereocenters. The lowest BCUT2D eigenvalue weighted by atomic mass is 9.84. The summed E-state index contributed by atoms with van der Waals surface area (Å²) in [6, 6.07) is 0. The first-order valence-corrected chi connectivity index (χ1v) is 5.11. The van der Waals surface area contributed by atoms with Crippen molar-refractivity contribution in [1.82, 2.24) is 0 Å². The molecule has 0 saturated heterocycles. The number of rotatable bonds is 3. The predicted molar refractivity (Wildman–Crippen MR) is 52.7 cm³/mol. The summed E-state index contributed by atoms with van der Waals surface area (Å²) in [5.41, 5.74) is -0.724. The zero-order valence-corrected chi connectivity index (χ0v) is 8.64. The number of carbonyl (C=O) groups is 1. The first-order chi connectivity index (χ1) is 6.58. The number of allylic oxidation sites excluding steroid dienone is 1. The quantitative estimate of drug-likeness (QED) is 0.517. The van der Waals surface area contributed by atoms with E-state index in [-0.39, 0.29) is 12.8 Å². The molecule has 0 bridgehead atoms. The van der Waals surface area contributed by atoms with Gasteiger partial charge in [0.05, 0.1) is 6.61 Å². The summed E-state index contributed by atoms with van der Waals surface area (Å²) in [7, 11) is 0. The van der Waals surface area contributed by atoms with E-state index in [0.29, 0.717) is 19.4 Å². The second-order valence-corrected chi connectivity index (χ2v) is 3.85. The van der Waals surface area contributed by atoms with Crippen LogP contribution in [0.1, 0.15) is 39.0 Å². The Kier molecular flexibility index (Phi) is 3.67. The van der Waals surface area contributed by atoms with Crippen molar-refractivity contribution < 1.29 is 13.9 Å². The molecule has 0 aromatic heterocycles. The van der Waals surface area contributed by atoms with Gasteiger partial charge in [-0.1, -0.05) is 19.1 Å². The number of esters is 1. The average molecular weight is 200 g/mol.